The molecule has 0 radical (unpaired) electrons. The zero-order valence-electron chi connectivity index (χ0n) is 13.2. The number of fused-ring (bicyclic) bond motifs is 1. The first-order chi connectivity index (χ1) is 8.93. The van der Waals surface area contributed by atoms with Crippen molar-refractivity contribution in [3.05, 3.63) is 11.1 Å². The molecule has 1 saturated heterocycles. The van der Waals surface area contributed by atoms with E-state index in [9.17, 15) is 0 Å². The molecule has 0 aromatic rings. The van der Waals surface area contributed by atoms with Crippen LogP contribution in [0, 0.1) is 22.2 Å². The molecule has 0 amide bonds. The van der Waals surface area contributed by atoms with Gasteiger partial charge in [-0.3, -0.25) is 0 Å². The third-order valence-electron chi connectivity index (χ3n) is 7.87. The van der Waals surface area contributed by atoms with E-state index in [1.807, 2.05) is 5.57 Å². The van der Waals surface area contributed by atoms with Gasteiger partial charge >= 0.3 is 0 Å². The van der Waals surface area contributed by atoms with E-state index in [4.69, 9.17) is 0 Å². The highest BCUT2D eigenvalue weighted by atomic mass is 15.3. The summed E-state index contributed by atoms with van der Waals surface area (Å²) in [4.78, 5) is 2.68. The third-order valence-corrected chi connectivity index (χ3v) is 7.87. The molecule has 3 atom stereocenters. The fraction of sp³-hybridized carbons (Fsp3) is 0.889. The number of rotatable bonds is 2. The van der Waals surface area contributed by atoms with Gasteiger partial charge in [0.25, 0.3) is 0 Å². The number of nitrogens with zero attached hydrogens (tertiary/aromatic N) is 1. The molecule has 4 aliphatic rings. The van der Waals surface area contributed by atoms with Crippen LogP contribution < -0.4 is 0 Å². The van der Waals surface area contributed by atoms with Crippen molar-refractivity contribution in [1.29, 1.82) is 0 Å². The Morgan fingerprint density at radius 2 is 1.95 bits per heavy atom. The van der Waals surface area contributed by atoms with Crippen molar-refractivity contribution in [2.45, 2.75) is 59.8 Å². The minimum atomic E-state index is 0.507. The van der Waals surface area contributed by atoms with Gasteiger partial charge in [-0.25, -0.2) is 0 Å². The van der Waals surface area contributed by atoms with Crippen molar-refractivity contribution in [2.75, 3.05) is 19.6 Å². The van der Waals surface area contributed by atoms with E-state index < -0.39 is 0 Å². The molecule has 19 heavy (non-hydrogen) atoms. The van der Waals surface area contributed by atoms with Gasteiger partial charge in [-0.05, 0) is 55.8 Å². The molecular weight excluding hydrogens is 230 g/mol. The lowest BCUT2D eigenvalue weighted by Gasteiger charge is -2.57. The molecule has 2 bridgehead atoms. The highest BCUT2D eigenvalue weighted by Crippen LogP contribution is 2.77. The van der Waals surface area contributed by atoms with Gasteiger partial charge in [0.05, 0.1) is 0 Å². The van der Waals surface area contributed by atoms with Gasteiger partial charge in [0.2, 0.25) is 0 Å². The van der Waals surface area contributed by atoms with Crippen molar-refractivity contribution >= 4 is 0 Å². The van der Waals surface area contributed by atoms with E-state index in [1.54, 1.807) is 5.57 Å². The molecule has 1 spiro atoms. The lowest BCUT2D eigenvalue weighted by atomic mass is 9.48. The Balaban J connectivity index is 1.85. The quantitative estimate of drug-likeness (QED) is 0.529. The zero-order valence-corrected chi connectivity index (χ0v) is 13.2. The van der Waals surface area contributed by atoms with Crippen LogP contribution in [0.15, 0.2) is 11.1 Å². The highest BCUT2D eigenvalue weighted by molar-refractivity contribution is 5.40. The summed E-state index contributed by atoms with van der Waals surface area (Å²) in [6.07, 6.45) is 7.18. The molecule has 106 valence electrons. The largest absolute Gasteiger partial charge is 0.300 e. The van der Waals surface area contributed by atoms with Crippen LogP contribution in [-0.4, -0.2) is 24.5 Å². The van der Waals surface area contributed by atoms with Crippen LogP contribution in [-0.2, 0) is 0 Å². The Morgan fingerprint density at radius 3 is 2.63 bits per heavy atom. The lowest BCUT2D eigenvalue weighted by Crippen LogP contribution is -2.52. The second kappa shape index (κ2) is 3.47. The molecule has 1 aliphatic heterocycles. The van der Waals surface area contributed by atoms with E-state index in [2.05, 4.69) is 32.6 Å². The summed E-state index contributed by atoms with van der Waals surface area (Å²) >= 11 is 0. The highest BCUT2D eigenvalue weighted by Gasteiger charge is 2.70. The van der Waals surface area contributed by atoms with Crippen LogP contribution in [0.4, 0.5) is 0 Å². The van der Waals surface area contributed by atoms with Crippen LogP contribution in [0.1, 0.15) is 59.8 Å². The van der Waals surface area contributed by atoms with Crippen LogP contribution in [0.25, 0.3) is 0 Å². The summed E-state index contributed by atoms with van der Waals surface area (Å²) in [7, 11) is 0. The van der Waals surface area contributed by atoms with Crippen molar-refractivity contribution in [3.8, 4) is 0 Å². The maximum atomic E-state index is 2.68. The Kier molecular flexibility index (Phi) is 2.27. The molecule has 1 nitrogen and oxygen atoms in total. The second-order valence-corrected chi connectivity index (χ2v) is 8.53. The lowest BCUT2D eigenvalue weighted by molar-refractivity contribution is -0.0769. The normalized spacial score (nSPS) is 47.7. The molecule has 0 aromatic carbocycles. The number of hydrogen-bond donors (Lipinski definition) is 0. The number of hydrogen-bond acceptors (Lipinski definition) is 1. The van der Waals surface area contributed by atoms with E-state index in [0.29, 0.717) is 16.2 Å². The van der Waals surface area contributed by atoms with Gasteiger partial charge < -0.3 is 4.90 Å². The second-order valence-electron chi connectivity index (χ2n) is 8.53. The maximum Gasteiger partial charge on any atom is 0.0110 e. The van der Waals surface area contributed by atoms with Gasteiger partial charge in [0.1, 0.15) is 0 Å². The van der Waals surface area contributed by atoms with Gasteiger partial charge in [-0.1, -0.05) is 31.9 Å². The van der Waals surface area contributed by atoms with E-state index in [-0.39, 0.29) is 0 Å². The molecule has 4 rings (SSSR count). The first-order valence-corrected chi connectivity index (χ1v) is 8.34. The van der Waals surface area contributed by atoms with Crippen LogP contribution in [0.2, 0.25) is 0 Å². The van der Waals surface area contributed by atoms with Crippen LogP contribution in [0.5, 0.6) is 0 Å². The average Bonchev–Trinajstić information content (AvgIpc) is 3.08. The smallest absolute Gasteiger partial charge is 0.0110 e. The Hall–Kier alpha value is -0.300. The fourth-order valence-corrected chi connectivity index (χ4v) is 6.39. The Bertz CT molecular complexity index is 456. The van der Waals surface area contributed by atoms with E-state index >= 15 is 0 Å². The maximum absolute atomic E-state index is 2.68. The molecule has 3 aliphatic carbocycles. The average molecular weight is 259 g/mol. The Morgan fingerprint density at radius 1 is 1.21 bits per heavy atom. The van der Waals surface area contributed by atoms with Crippen molar-refractivity contribution < 1.29 is 0 Å². The Labute approximate surface area is 118 Å². The predicted octanol–water partition coefficient (Wildman–Crippen LogP) is 4.24. The number of allylic oxidation sites excluding steroid dienone is 2. The molecule has 2 saturated carbocycles. The van der Waals surface area contributed by atoms with Gasteiger partial charge in [-0.15, -0.1) is 0 Å². The molecule has 3 fully saturated rings. The fourth-order valence-electron chi connectivity index (χ4n) is 6.39. The minimum Gasteiger partial charge on any atom is -0.300 e. The van der Waals surface area contributed by atoms with Gasteiger partial charge in [-0.2, -0.15) is 0 Å². The standard InChI is InChI=1S/C18H29N/c1-13-5-8-18-14(2)6-7-17(11-15(13)18,16(18,3)4)12-19-9-10-19/h14H,5-12H2,1-4H3/t14-,17+,18-/m1/s1. The van der Waals surface area contributed by atoms with E-state index in [0.717, 1.165) is 5.92 Å². The summed E-state index contributed by atoms with van der Waals surface area (Å²) in [6.45, 7) is 14.3. The molecule has 0 N–H and O–H groups in total. The monoisotopic (exact) mass is 259 g/mol. The molecule has 0 unspecified atom stereocenters. The molecule has 1 heteroatoms. The summed E-state index contributed by atoms with van der Waals surface area (Å²) in [5.41, 5.74) is 5.32. The van der Waals surface area contributed by atoms with Gasteiger partial charge in [0, 0.05) is 25.0 Å². The topological polar surface area (TPSA) is 3.01 Å². The first-order valence-electron chi connectivity index (χ1n) is 8.34. The summed E-state index contributed by atoms with van der Waals surface area (Å²) in [5.74, 6) is 0.903. The van der Waals surface area contributed by atoms with E-state index in [1.165, 1.54) is 51.7 Å². The summed E-state index contributed by atoms with van der Waals surface area (Å²) in [6, 6.07) is 0. The molecule has 1 heterocycles. The van der Waals surface area contributed by atoms with Crippen molar-refractivity contribution in [1.82, 2.24) is 4.90 Å². The van der Waals surface area contributed by atoms with Crippen LogP contribution in [0.3, 0.4) is 0 Å². The summed E-state index contributed by atoms with van der Waals surface area (Å²) < 4.78 is 0. The van der Waals surface area contributed by atoms with Crippen LogP contribution >= 0.6 is 0 Å². The van der Waals surface area contributed by atoms with Crippen molar-refractivity contribution in [3.63, 3.8) is 0 Å². The summed E-state index contributed by atoms with van der Waals surface area (Å²) in [5, 5.41) is 0. The molecular formula is C18H29N. The van der Waals surface area contributed by atoms with Crippen molar-refractivity contribution in [2.24, 2.45) is 22.2 Å². The third kappa shape index (κ3) is 1.27. The van der Waals surface area contributed by atoms with Gasteiger partial charge in [0.15, 0.2) is 0 Å². The SMILES string of the molecule is CC1=C2C[C@]3(CN4CC4)CC[C@@H](C)[C@@]2(CC1)C3(C)C. The zero-order chi connectivity index (χ0) is 13.5. The minimum absolute atomic E-state index is 0.507. The molecule has 0 aromatic heterocycles. The first kappa shape index (κ1) is 12.4. The predicted molar refractivity (Wildman–Crippen MR) is 80.0 cm³/mol.